The van der Waals surface area contributed by atoms with Crippen molar-refractivity contribution in [2.24, 2.45) is 0 Å². The summed E-state index contributed by atoms with van der Waals surface area (Å²) in [6.45, 7) is 8.15. The fraction of sp³-hybridized carbons (Fsp3) is 0.333. The van der Waals surface area contributed by atoms with Gasteiger partial charge in [-0.15, -0.1) is 0 Å². The van der Waals surface area contributed by atoms with Crippen molar-refractivity contribution in [3.8, 4) is 11.3 Å². The number of hydrogen-bond acceptors (Lipinski definition) is 8. The number of nitrogens with zero attached hydrogens (tertiary/aromatic N) is 5. The van der Waals surface area contributed by atoms with E-state index in [1.54, 1.807) is 12.4 Å². The Morgan fingerprint density at radius 3 is 2.68 bits per heavy atom. The Kier molecular flexibility index (Phi) is 5.92. The lowest BCUT2D eigenvalue weighted by Crippen LogP contribution is -2.22. The van der Waals surface area contributed by atoms with Crippen molar-refractivity contribution in [1.82, 2.24) is 24.7 Å². The first-order valence-corrected chi connectivity index (χ1v) is 16.4. The first kappa shape index (κ1) is 23.6. The summed E-state index contributed by atoms with van der Waals surface area (Å²) >= 11 is 0. The van der Waals surface area contributed by atoms with Crippen molar-refractivity contribution in [3.05, 3.63) is 54.6 Å². The Bertz CT molecular complexity index is 1570. The van der Waals surface area contributed by atoms with Crippen LogP contribution < -0.4 is 11.1 Å². The first-order chi connectivity index (χ1) is 17.8. The topological polar surface area (TPSA) is 117 Å². The molecule has 1 aliphatic carbocycles. The molecule has 9 nitrogen and oxygen atoms in total. The van der Waals surface area contributed by atoms with Crippen LogP contribution in [0.2, 0.25) is 25.7 Å². The molecule has 1 aliphatic rings. The average molecular weight is 514 g/mol. The quantitative estimate of drug-likeness (QED) is 0.178. The zero-order valence-electron chi connectivity index (χ0n) is 21.4. The molecule has 3 N–H and O–H groups in total. The van der Waals surface area contributed by atoms with Crippen LogP contribution in [0.15, 0.2) is 53.2 Å². The number of rotatable bonds is 9. The highest BCUT2D eigenvalue weighted by molar-refractivity contribution is 6.76. The second-order valence-corrected chi connectivity index (χ2v) is 16.5. The zero-order chi connectivity index (χ0) is 25.6. The molecule has 6 rings (SSSR count). The molecule has 1 saturated carbocycles. The highest BCUT2D eigenvalue weighted by Gasteiger charge is 2.28. The molecule has 0 aliphatic heterocycles. The van der Waals surface area contributed by atoms with Crippen molar-refractivity contribution in [1.29, 1.82) is 0 Å². The van der Waals surface area contributed by atoms with Gasteiger partial charge in [-0.1, -0.05) is 19.6 Å². The van der Waals surface area contributed by atoms with Crippen molar-refractivity contribution in [3.63, 3.8) is 0 Å². The number of nitrogens with two attached hydrogens (primary N) is 1. The van der Waals surface area contributed by atoms with Gasteiger partial charge in [0.2, 0.25) is 5.95 Å². The second-order valence-electron chi connectivity index (χ2n) is 10.9. The van der Waals surface area contributed by atoms with Crippen molar-refractivity contribution < 1.29 is 9.15 Å². The van der Waals surface area contributed by atoms with Gasteiger partial charge in [-0.2, -0.15) is 10.1 Å². The van der Waals surface area contributed by atoms with Gasteiger partial charge in [0.05, 0.1) is 5.52 Å². The fourth-order valence-corrected chi connectivity index (χ4v) is 5.08. The van der Waals surface area contributed by atoms with Crippen LogP contribution in [0.3, 0.4) is 0 Å². The largest absolute Gasteiger partial charge is 0.455 e. The number of nitrogens with one attached hydrogen (secondary N) is 1. The highest BCUT2D eigenvalue weighted by atomic mass is 28.3. The summed E-state index contributed by atoms with van der Waals surface area (Å²) in [5.74, 6) is 2.19. The molecule has 4 aromatic heterocycles. The molecule has 37 heavy (non-hydrogen) atoms. The summed E-state index contributed by atoms with van der Waals surface area (Å²) in [4.78, 5) is 13.2. The maximum Gasteiger partial charge on any atom is 0.229 e. The highest BCUT2D eigenvalue weighted by Crippen LogP contribution is 2.42. The predicted octanol–water partition coefficient (Wildman–Crippen LogP) is 6.15. The minimum absolute atomic E-state index is 0.335. The lowest BCUT2D eigenvalue weighted by molar-refractivity contribution is 0.0819. The molecule has 0 unspecified atom stereocenters. The Morgan fingerprint density at radius 1 is 1.11 bits per heavy atom. The van der Waals surface area contributed by atoms with E-state index in [1.807, 2.05) is 35.0 Å². The molecule has 0 radical (unpaired) electrons. The third kappa shape index (κ3) is 5.07. The van der Waals surface area contributed by atoms with E-state index in [0.717, 1.165) is 64.6 Å². The molecule has 10 heteroatoms. The van der Waals surface area contributed by atoms with Crippen molar-refractivity contribution in [2.75, 3.05) is 17.7 Å². The second kappa shape index (κ2) is 9.27. The van der Waals surface area contributed by atoms with Crippen LogP contribution >= 0.6 is 0 Å². The normalized spacial score (nSPS) is 14.0. The van der Waals surface area contributed by atoms with Crippen LogP contribution in [-0.2, 0) is 11.5 Å². The third-order valence-electron chi connectivity index (χ3n) is 6.57. The van der Waals surface area contributed by atoms with Crippen LogP contribution in [0.4, 0.5) is 17.5 Å². The summed E-state index contributed by atoms with van der Waals surface area (Å²) in [5, 5.41) is 9.25. The van der Waals surface area contributed by atoms with Crippen LogP contribution in [0.25, 0.3) is 33.3 Å². The third-order valence-corrected chi connectivity index (χ3v) is 8.27. The van der Waals surface area contributed by atoms with Crippen LogP contribution in [-0.4, -0.2) is 39.4 Å². The van der Waals surface area contributed by atoms with E-state index in [9.17, 15) is 0 Å². The molecule has 4 heterocycles. The van der Waals surface area contributed by atoms with E-state index in [-0.39, 0.29) is 0 Å². The van der Waals surface area contributed by atoms with Crippen molar-refractivity contribution in [2.45, 2.75) is 51.2 Å². The molecule has 0 saturated heterocycles. The van der Waals surface area contributed by atoms with Gasteiger partial charge >= 0.3 is 0 Å². The summed E-state index contributed by atoms with van der Waals surface area (Å²) < 4.78 is 13.9. The molecule has 0 amide bonds. The molecular weight excluding hydrogens is 482 g/mol. The molecule has 0 spiro atoms. The smallest absolute Gasteiger partial charge is 0.229 e. The number of benzene rings is 1. The standard InChI is InChI=1S/C27H31N7O2Si/c1-37(2,3)13-12-35-16-34-22-14-19(6-7-20(22)24(33-34)18-8-10-29-11-9-18)30-27-31-21-15-23(17-4-5-17)36-25(21)26(28)32-27/h6-11,14-15,17H,4-5,12-13,16H2,1-3H3,(H3,28,30,31,32). The van der Waals surface area contributed by atoms with Gasteiger partial charge < -0.3 is 20.2 Å². The van der Waals surface area contributed by atoms with Gasteiger partial charge in [-0.05, 0) is 49.2 Å². The maximum atomic E-state index is 6.21. The van der Waals surface area contributed by atoms with E-state index < -0.39 is 8.07 Å². The van der Waals surface area contributed by atoms with E-state index in [2.05, 4.69) is 46.0 Å². The van der Waals surface area contributed by atoms with Crippen LogP contribution in [0.5, 0.6) is 0 Å². The predicted molar refractivity (Wildman–Crippen MR) is 149 cm³/mol. The molecule has 1 fully saturated rings. The lowest BCUT2D eigenvalue weighted by Gasteiger charge is -2.15. The van der Waals surface area contributed by atoms with Gasteiger partial charge in [0.25, 0.3) is 0 Å². The van der Waals surface area contributed by atoms with Gasteiger partial charge in [-0.3, -0.25) is 4.98 Å². The van der Waals surface area contributed by atoms with Gasteiger partial charge in [0.1, 0.15) is 23.7 Å². The zero-order valence-corrected chi connectivity index (χ0v) is 22.4. The summed E-state index contributed by atoms with van der Waals surface area (Å²) in [5.41, 5.74) is 11.2. The van der Waals surface area contributed by atoms with E-state index in [4.69, 9.17) is 20.0 Å². The summed E-state index contributed by atoms with van der Waals surface area (Å²) in [6, 6.07) is 13.1. The van der Waals surface area contributed by atoms with E-state index >= 15 is 0 Å². The SMILES string of the molecule is C[Si](C)(C)CCOCn1nc(-c2ccncc2)c2ccc(Nc3nc(N)c4oc(C5CC5)cc4n3)cc21. The number of fused-ring (bicyclic) bond motifs is 2. The number of aromatic nitrogens is 5. The molecule has 5 aromatic rings. The molecule has 1 aromatic carbocycles. The molecule has 0 bridgehead atoms. The monoisotopic (exact) mass is 513 g/mol. The average Bonchev–Trinajstić information content (AvgIpc) is 3.53. The Labute approximate surface area is 216 Å². The van der Waals surface area contributed by atoms with E-state index in [1.165, 1.54) is 0 Å². The number of pyridine rings is 1. The minimum atomic E-state index is -1.18. The lowest BCUT2D eigenvalue weighted by atomic mass is 10.1. The fourth-order valence-electron chi connectivity index (χ4n) is 4.33. The van der Waals surface area contributed by atoms with Gasteiger partial charge in [0, 0.05) is 55.7 Å². The van der Waals surface area contributed by atoms with Crippen molar-refractivity contribution >= 4 is 47.5 Å². The molecule has 0 atom stereocenters. The summed E-state index contributed by atoms with van der Waals surface area (Å²) in [7, 11) is -1.18. The Morgan fingerprint density at radius 2 is 1.92 bits per heavy atom. The van der Waals surface area contributed by atoms with Gasteiger partial charge in [0.15, 0.2) is 11.4 Å². The minimum Gasteiger partial charge on any atom is -0.455 e. The van der Waals surface area contributed by atoms with Gasteiger partial charge in [-0.25, -0.2) is 9.67 Å². The molecule has 190 valence electrons. The number of furan rings is 1. The number of hydrogen-bond donors (Lipinski definition) is 2. The maximum absolute atomic E-state index is 6.21. The van der Waals surface area contributed by atoms with E-state index in [0.29, 0.717) is 30.0 Å². The Balaban J connectivity index is 1.31. The summed E-state index contributed by atoms with van der Waals surface area (Å²) in [6.07, 6.45) is 5.86. The molecular formula is C27H31N7O2Si. The van der Waals surface area contributed by atoms with Crippen LogP contribution in [0, 0.1) is 0 Å². The van der Waals surface area contributed by atoms with Crippen LogP contribution in [0.1, 0.15) is 24.5 Å². The Hall–Kier alpha value is -3.76. The first-order valence-electron chi connectivity index (χ1n) is 12.7. The number of anilines is 3. The number of nitrogen functional groups attached to an aromatic ring is 1. The number of ether oxygens (including phenoxy) is 1.